The summed E-state index contributed by atoms with van der Waals surface area (Å²) in [4.78, 5) is 49.4. The Morgan fingerprint density at radius 1 is 0.980 bits per heavy atom. The molecule has 1 aliphatic heterocycles. The summed E-state index contributed by atoms with van der Waals surface area (Å²) in [6, 6.07) is 14.1. The number of sulfonamides is 1. The van der Waals surface area contributed by atoms with Gasteiger partial charge < -0.3 is 19.8 Å². The van der Waals surface area contributed by atoms with E-state index in [2.05, 4.69) is 27.3 Å². The van der Waals surface area contributed by atoms with E-state index in [1.165, 1.54) is 0 Å². The number of ether oxygens (including phenoxy) is 1. The number of nitrogens with one attached hydrogen (secondary N) is 2. The Balaban J connectivity index is 1.16. The molecule has 0 unspecified atom stereocenters. The fourth-order valence-electron chi connectivity index (χ4n) is 7.85. The van der Waals surface area contributed by atoms with Crippen molar-refractivity contribution in [3.8, 4) is 16.9 Å². The van der Waals surface area contributed by atoms with Crippen LogP contribution in [0.3, 0.4) is 0 Å². The van der Waals surface area contributed by atoms with Crippen LogP contribution >= 0.6 is 0 Å². The normalized spacial score (nSPS) is 29.6. The maximum absolute atomic E-state index is 14.1. The summed E-state index contributed by atoms with van der Waals surface area (Å²) in [5.41, 5.74) is 3.30. The third kappa shape index (κ3) is 6.68. The van der Waals surface area contributed by atoms with E-state index in [1.54, 1.807) is 11.9 Å². The van der Waals surface area contributed by atoms with Crippen molar-refractivity contribution < 1.29 is 32.4 Å². The highest BCUT2D eigenvalue weighted by atomic mass is 32.2. The van der Waals surface area contributed by atoms with Crippen LogP contribution in [0, 0.1) is 17.8 Å². The monoisotopic (exact) mass is 690 g/mol. The number of carbonyl (C=O) groups excluding carboxylic acids is 3. The van der Waals surface area contributed by atoms with Crippen LogP contribution in [-0.2, 0) is 29.2 Å². The van der Waals surface area contributed by atoms with E-state index < -0.39 is 50.6 Å². The predicted octanol–water partition coefficient (Wildman–Crippen LogP) is 4.53. The topological polar surface area (TPSA) is 143 Å². The van der Waals surface area contributed by atoms with E-state index in [4.69, 9.17) is 9.57 Å². The Labute approximate surface area is 288 Å². The Morgan fingerprint density at radius 2 is 1.71 bits per heavy atom. The first-order valence-corrected chi connectivity index (χ1v) is 19.4. The maximum Gasteiger partial charge on any atom is 0.259 e. The van der Waals surface area contributed by atoms with E-state index in [0.29, 0.717) is 51.0 Å². The van der Waals surface area contributed by atoms with Crippen molar-refractivity contribution in [2.24, 2.45) is 22.9 Å². The average Bonchev–Trinajstić information content (AvgIpc) is 4.00. The lowest BCUT2D eigenvalue weighted by Crippen LogP contribution is -2.54. The summed E-state index contributed by atoms with van der Waals surface area (Å²) in [6.07, 6.45) is 6.83. The predicted molar refractivity (Wildman–Crippen MR) is 184 cm³/mol. The molecule has 262 valence electrons. The van der Waals surface area contributed by atoms with E-state index >= 15 is 0 Å². The molecule has 4 aliphatic carbocycles. The van der Waals surface area contributed by atoms with Crippen molar-refractivity contribution in [2.45, 2.75) is 94.4 Å². The van der Waals surface area contributed by atoms with Gasteiger partial charge >= 0.3 is 0 Å². The van der Waals surface area contributed by atoms with Crippen molar-refractivity contribution in [3.63, 3.8) is 0 Å². The molecule has 7 rings (SSSR count). The second kappa shape index (κ2) is 13.4. The number of hydrogen-bond donors (Lipinski definition) is 2. The summed E-state index contributed by atoms with van der Waals surface area (Å²) in [7, 11) is -2.01. The van der Waals surface area contributed by atoms with Crippen LogP contribution in [0.25, 0.3) is 11.1 Å². The quantitative estimate of drug-likeness (QED) is 0.387. The average molecular weight is 691 g/mol. The Hall–Kier alpha value is -3.93. The third-order valence-electron chi connectivity index (χ3n) is 11.0. The molecule has 5 aliphatic rings. The molecule has 1 heterocycles. The second-order valence-electron chi connectivity index (χ2n) is 14.4. The number of hydrogen-bond acceptors (Lipinski definition) is 8. The minimum absolute atomic E-state index is 0.135. The molecule has 2 aromatic carbocycles. The van der Waals surface area contributed by atoms with Gasteiger partial charge in [0.2, 0.25) is 21.8 Å². The molecule has 3 saturated carbocycles. The van der Waals surface area contributed by atoms with Crippen molar-refractivity contribution in [1.29, 1.82) is 0 Å². The SMILES string of the molecule is CC[C@H]1C[C@]1(NC(=O)[C@@H]1C[C@@H]2C[C@H]1C(=O)N(C)CCCCCCCOc1ccc3c(c1)/C(=N\O2)c1ccccc1-3)C(=O)NS(=O)(=O)C1CC1. The molecule has 49 heavy (non-hydrogen) atoms. The van der Waals surface area contributed by atoms with Gasteiger partial charge in [-0.25, -0.2) is 8.42 Å². The van der Waals surface area contributed by atoms with Crippen LogP contribution < -0.4 is 14.8 Å². The van der Waals surface area contributed by atoms with Crippen LogP contribution in [0.4, 0.5) is 0 Å². The number of oxime groups is 1. The van der Waals surface area contributed by atoms with Crippen LogP contribution in [0.15, 0.2) is 47.6 Å². The molecule has 3 fully saturated rings. The largest absolute Gasteiger partial charge is 0.494 e. The highest BCUT2D eigenvalue weighted by molar-refractivity contribution is 7.91. The number of fused-ring (bicyclic) bond motifs is 6. The molecule has 0 radical (unpaired) electrons. The lowest BCUT2D eigenvalue weighted by atomic mass is 9.93. The zero-order valence-corrected chi connectivity index (χ0v) is 29.1. The third-order valence-corrected chi connectivity index (χ3v) is 12.8. The first-order valence-electron chi connectivity index (χ1n) is 17.8. The van der Waals surface area contributed by atoms with Gasteiger partial charge in [-0.15, -0.1) is 0 Å². The molecule has 0 aromatic heterocycles. The molecule has 0 saturated heterocycles. The number of benzene rings is 2. The molecule has 4 bridgehead atoms. The molecular weight excluding hydrogens is 644 g/mol. The second-order valence-corrected chi connectivity index (χ2v) is 16.4. The van der Waals surface area contributed by atoms with Gasteiger partial charge in [0.1, 0.15) is 23.1 Å². The standard InChI is InChI=1S/C37H46N4O7S/c1-3-23-22-37(23,36(44)40-49(45,46)26-14-15-26)38-34(42)31-20-25-21-32(31)35(43)41(2)17-9-5-4-6-10-18-47-24-13-16-28-27-11-7-8-12-29(27)33(39-48-25)30(28)19-24/h7-8,11-13,16,19,23,25-26,31-32H,3-6,9-10,14-15,17-18,20-22H2,1-2H3,(H,38,42)(H,40,44)/b39-33-/t23-,25+,31+,32+,37+/m0/s1. The van der Waals surface area contributed by atoms with Gasteiger partial charge in [-0.2, -0.15) is 0 Å². The fraction of sp³-hybridized carbons (Fsp3) is 0.568. The highest BCUT2D eigenvalue weighted by Gasteiger charge is 2.62. The number of carbonyl (C=O) groups is 3. The minimum Gasteiger partial charge on any atom is -0.494 e. The van der Waals surface area contributed by atoms with Crippen LogP contribution in [-0.4, -0.2) is 73.8 Å². The maximum atomic E-state index is 14.1. The van der Waals surface area contributed by atoms with Crippen LogP contribution in [0.1, 0.15) is 88.7 Å². The molecule has 3 amide bonds. The molecular formula is C37H46N4O7S. The zero-order valence-electron chi connectivity index (χ0n) is 28.3. The number of amides is 3. The molecule has 2 aromatic rings. The van der Waals surface area contributed by atoms with Gasteiger partial charge in [-0.1, -0.05) is 62.0 Å². The Bertz CT molecular complexity index is 1770. The Kier molecular flexibility index (Phi) is 9.19. The number of nitrogens with zero attached hydrogens (tertiary/aromatic N) is 2. The lowest BCUT2D eigenvalue weighted by Gasteiger charge is -2.26. The smallest absolute Gasteiger partial charge is 0.259 e. The summed E-state index contributed by atoms with van der Waals surface area (Å²) in [5, 5.41) is 7.07. The summed E-state index contributed by atoms with van der Waals surface area (Å²) >= 11 is 0. The van der Waals surface area contributed by atoms with Crippen molar-refractivity contribution in [3.05, 3.63) is 53.6 Å². The van der Waals surface area contributed by atoms with Gasteiger partial charge in [0.15, 0.2) is 0 Å². The fourth-order valence-corrected chi connectivity index (χ4v) is 9.21. The van der Waals surface area contributed by atoms with Gasteiger partial charge in [0, 0.05) is 24.7 Å². The van der Waals surface area contributed by atoms with Gasteiger partial charge in [-0.3, -0.25) is 19.1 Å². The molecule has 12 heteroatoms. The van der Waals surface area contributed by atoms with Crippen molar-refractivity contribution in [2.75, 3.05) is 20.2 Å². The molecule has 11 nitrogen and oxygen atoms in total. The summed E-state index contributed by atoms with van der Waals surface area (Å²) in [5.74, 6) is -2.11. The summed E-state index contributed by atoms with van der Waals surface area (Å²) in [6.45, 7) is 3.11. The van der Waals surface area contributed by atoms with E-state index in [0.717, 1.165) is 60.1 Å². The van der Waals surface area contributed by atoms with E-state index in [9.17, 15) is 22.8 Å². The summed E-state index contributed by atoms with van der Waals surface area (Å²) < 4.78 is 33.7. The first-order chi connectivity index (χ1) is 23.6. The van der Waals surface area contributed by atoms with Crippen molar-refractivity contribution in [1.82, 2.24) is 14.9 Å². The van der Waals surface area contributed by atoms with Gasteiger partial charge in [-0.05, 0) is 80.2 Å². The van der Waals surface area contributed by atoms with Crippen LogP contribution in [0.2, 0.25) is 0 Å². The minimum atomic E-state index is -3.79. The van der Waals surface area contributed by atoms with Crippen LogP contribution in [0.5, 0.6) is 5.75 Å². The number of rotatable bonds is 6. The lowest BCUT2D eigenvalue weighted by molar-refractivity contribution is -0.140. The highest BCUT2D eigenvalue weighted by Crippen LogP contribution is 2.48. The molecule has 5 atom stereocenters. The first kappa shape index (κ1) is 33.6. The van der Waals surface area contributed by atoms with E-state index in [1.807, 2.05) is 37.3 Å². The zero-order chi connectivity index (χ0) is 34.3. The Morgan fingerprint density at radius 3 is 2.47 bits per heavy atom. The van der Waals surface area contributed by atoms with Gasteiger partial charge in [0.05, 0.1) is 23.7 Å². The molecule has 2 N–H and O–H groups in total. The van der Waals surface area contributed by atoms with Gasteiger partial charge in [0.25, 0.3) is 5.91 Å². The molecule has 0 spiro atoms. The van der Waals surface area contributed by atoms with Crippen molar-refractivity contribution >= 4 is 33.5 Å². The van der Waals surface area contributed by atoms with E-state index in [-0.39, 0.29) is 18.2 Å².